The van der Waals surface area contributed by atoms with E-state index in [-0.39, 0.29) is 5.38 Å². The second kappa shape index (κ2) is 6.43. The predicted molar refractivity (Wildman–Crippen MR) is 74.1 cm³/mol. The molecule has 6 heteroatoms. The van der Waals surface area contributed by atoms with Crippen LogP contribution in [0, 0.1) is 0 Å². The highest BCUT2D eigenvalue weighted by Gasteiger charge is 2.10. The molecule has 0 aliphatic carbocycles. The van der Waals surface area contributed by atoms with Crippen LogP contribution in [0.25, 0.3) is 0 Å². The fourth-order valence-corrected chi connectivity index (χ4v) is 1.51. The molecule has 0 radical (unpaired) electrons. The zero-order valence-corrected chi connectivity index (χ0v) is 11.6. The average molecular weight is 282 g/mol. The van der Waals surface area contributed by atoms with Crippen molar-refractivity contribution in [1.29, 1.82) is 0 Å². The van der Waals surface area contributed by atoms with Crippen molar-refractivity contribution in [2.75, 3.05) is 11.9 Å². The number of benzene rings is 1. The third-order valence-corrected chi connectivity index (χ3v) is 2.55. The number of rotatable bonds is 6. The molecule has 0 saturated heterocycles. The van der Waals surface area contributed by atoms with Crippen molar-refractivity contribution in [1.82, 2.24) is 10.2 Å². The van der Waals surface area contributed by atoms with Gasteiger partial charge in [-0.1, -0.05) is 12.0 Å². The molecule has 5 nitrogen and oxygen atoms in total. The van der Waals surface area contributed by atoms with Gasteiger partial charge in [-0.3, -0.25) is 0 Å². The lowest BCUT2D eigenvalue weighted by Crippen LogP contribution is -1.95. The molecule has 1 heterocycles. The second-order valence-electron chi connectivity index (χ2n) is 4.06. The first-order valence-electron chi connectivity index (χ1n) is 6.16. The van der Waals surface area contributed by atoms with E-state index >= 15 is 0 Å². The van der Waals surface area contributed by atoms with Gasteiger partial charge in [0.25, 0.3) is 0 Å². The lowest BCUT2D eigenvalue weighted by Gasteiger charge is -2.05. The third-order valence-electron chi connectivity index (χ3n) is 2.36. The van der Waals surface area contributed by atoms with Crippen LogP contribution in [0.2, 0.25) is 0 Å². The number of hydrogen-bond acceptors (Lipinski definition) is 5. The summed E-state index contributed by atoms with van der Waals surface area (Å²) < 4.78 is 10.8. The highest BCUT2D eigenvalue weighted by molar-refractivity contribution is 6.20. The van der Waals surface area contributed by atoms with Crippen molar-refractivity contribution in [3.8, 4) is 5.75 Å². The van der Waals surface area contributed by atoms with Gasteiger partial charge in [-0.25, -0.2) is 0 Å². The number of aromatic nitrogens is 2. The molecular weight excluding hydrogens is 266 g/mol. The monoisotopic (exact) mass is 281 g/mol. The van der Waals surface area contributed by atoms with Crippen molar-refractivity contribution in [3.63, 3.8) is 0 Å². The minimum atomic E-state index is -0.298. The lowest BCUT2D eigenvalue weighted by molar-refractivity contribution is 0.317. The molecule has 1 unspecified atom stereocenters. The normalized spacial score (nSPS) is 12.2. The summed E-state index contributed by atoms with van der Waals surface area (Å²) in [6.07, 6.45) is 0.987. The van der Waals surface area contributed by atoms with Crippen molar-refractivity contribution in [2.24, 2.45) is 0 Å². The molecule has 1 aromatic carbocycles. The molecule has 1 aromatic heterocycles. The SMILES string of the molecule is CCCOc1ccc(Nc2nnc(C(C)Cl)o2)cc1. The zero-order chi connectivity index (χ0) is 13.7. The Morgan fingerprint density at radius 2 is 2.05 bits per heavy atom. The van der Waals surface area contributed by atoms with Crippen molar-refractivity contribution in [2.45, 2.75) is 25.6 Å². The van der Waals surface area contributed by atoms with Gasteiger partial charge in [0.1, 0.15) is 11.1 Å². The molecule has 0 fully saturated rings. The predicted octanol–water partition coefficient (Wildman–Crippen LogP) is 3.90. The van der Waals surface area contributed by atoms with E-state index in [0.717, 1.165) is 17.9 Å². The highest BCUT2D eigenvalue weighted by atomic mass is 35.5. The highest BCUT2D eigenvalue weighted by Crippen LogP contribution is 2.23. The van der Waals surface area contributed by atoms with Crippen molar-refractivity contribution < 1.29 is 9.15 Å². The molecule has 0 bridgehead atoms. The Morgan fingerprint density at radius 3 is 2.63 bits per heavy atom. The Bertz CT molecular complexity index is 511. The molecule has 0 aliphatic heterocycles. The standard InChI is InChI=1S/C13H16ClN3O2/c1-3-8-18-11-6-4-10(5-7-11)15-13-17-16-12(19-13)9(2)14/h4-7,9H,3,8H2,1-2H3,(H,15,17). The molecule has 0 saturated carbocycles. The van der Waals surface area contributed by atoms with Gasteiger partial charge in [-0.15, -0.1) is 16.7 Å². The van der Waals surface area contributed by atoms with Gasteiger partial charge in [0.2, 0.25) is 5.89 Å². The second-order valence-corrected chi connectivity index (χ2v) is 4.71. The van der Waals surface area contributed by atoms with E-state index in [1.165, 1.54) is 0 Å². The smallest absolute Gasteiger partial charge is 0.320 e. The van der Waals surface area contributed by atoms with E-state index in [0.29, 0.717) is 18.5 Å². The Kier molecular flexibility index (Phi) is 4.63. The summed E-state index contributed by atoms with van der Waals surface area (Å²) >= 11 is 5.85. The van der Waals surface area contributed by atoms with Gasteiger partial charge in [0, 0.05) is 5.69 Å². The van der Waals surface area contributed by atoms with E-state index in [1.54, 1.807) is 6.92 Å². The van der Waals surface area contributed by atoms with Gasteiger partial charge in [0.15, 0.2) is 0 Å². The summed E-state index contributed by atoms with van der Waals surface area (Å²) in [6, 6.07) is 7.88. The number of nitrogens with one attached hydrogen (secondary N) is 1. The quantitative estimate of drug-likeness (QED) is 0.814. The number of hydrogen-bond donors (Lipinski definition) is 1. The number of ether oxygens (including phenoxy) is 1. The van der Waals surface area contributed by atoms with Gasteiger partial charge >= 0.3 is 6.01 Å². The van der Waals surface area contributed by atoms with Crippen LogP contribution in [0.5, 0.6) is 5.75 Å². The first-order valence-corrected chi connectivity index (χ1v) is 6.60. The lowest BCUT2D eigenvalue weighted by atomic mass is 10.3. The summed E-state index contributed by atoms with van der Waals surface area (Å²) in [5.74, 6) is 1.24. The zero-order valence-electron chi connectivity index (χ0n) is 10.9. The van der Waals surface area contributed by atoms with Crippen molar-refractivity contribution >= 4 is 23.3 Å². The van der Waals surface area contributed by atoms with Crippen LogP contribution in [-0.2, 0) is 0 Å². The summed E-state index contributed by atoms with van der Waals surface area (Å²) in [5.41, 5.74) is 0.848. The fraction of sp³-hybridized carbons (Fsp3) is 0.385. The van der Waals surface area contributed by atoms with Crippen LogP contribution in [0.15, 0.2) is 28.7 Å². The molecule has 2 aromatic rings. The first-order chi connectivity index (χ1) is 9.19. The molecule has 1 atom stereocenters. The maximum atomic E-state index is 5.85. The fourth-order valence-electron chi connectivity index (χ4n) is 1.42. The molecule has 19 heavy (non-hydrogen) atoms. The molecule has 0 amide bonds. The Morgan fingerprint density at radius 1 is 1.32 bits per heavy atom. The maximum Gasteiger partial charge on any atom is 0.320 e. The molecule has 2 rings (SSSR count). The minimum Gasteiger partial charge on any atom is -0.494 e. The molecule has 1 N–H and O–H groups in total. The Hall–Kier alpha value is -1.75. The van der Waals surface area contributed by atoms with E-state index < -0.39 is 0 Å². The molecular formula is C13H16ClN3O2. The Labute approximate surface area is 116 Å². The van der Waals surface area contributed by atoms with Gasteiger partial charge in [-0.05, 0) is 37.6 Å². The van der Waals surface area contributed by atoms with E-state index in [9.17, 15) is 0 Å². The van der Waals surface area contributed by atoms with E-state index in [1.807, 2.05) is 24.3 Å². The first kappa shape index (κ1) is 13.7. The summed E-state index contributed by atoms with van der Waals surface area (Å²) in [7, 11) is 0. The van der Waals surface area contributed by atoms with Crippen LogP contribution in [0.4, 0.5) is 11.7 Å². The number of halogens is 1. The van der Waals surface area contributed by atoms with E-state index in [2.05, 4.69) is 22.4 Å². The summed E-state index contributed by atoms with van der Waals surface area (Å²) in [6.45, 7) is 4.56. The van der Waals surface area contributed by atoms with Crippen LogP contribution in [-0.4, -0.2) is 16.8 Å². The van der Waals surface area contributed by atoms with Crippen LogP contribution >= 0.6 is 11.6 Å². The van der Waals surface area contributed by atoms with Gasteiger partial charge in [-0.2, -0.15) is 0 Å². The van der Waals surface area contributed by atoms with Gasteiger partial charge < -0.3 is 14.5 Å². The van der Waals surface area contributed by atoms with E-state index in [4.69, 9.17) is 20.8 Å². The average Bonchev–Trinajstić information content (AvgIpc) is 2.87. The number of nitrogens with zero attached hydrogens (tertiary/aromatic N) is 2. The van der Waals surface area contributed by atoms with Crippen LogP contribution in [0.1, 0.15) is 31.5 Å². The largest absolute Gasteiger partial charge is 0.494 e. The van der Waals surface area contributed by atoms with Crippen molar-refractivity contribution in [3.05, 3.63) is 30.2 Å². The number of alkyl halides is 1. The molecule has 0 spiro atoms. The topological polar surface area (TPSA) is 60.2 Å². The molecule has 102 valence electrons. The summed E-state index contributed by atoms with van der Waals surface area (Å²) in [4.78, 5) is 0. The van der Waals surface area contributed by atoms with Gasteiger partial charge in [0.05, 0.1) is 6.61 Å². The third kappa shape index (κ3) is 3.86. The van der Waals surface area contributed by atoms with Crippen LogP contribution < -0.4 is 10.1 Å². The summed E-state index contributed by atoms with van der Waals surface area (Å²) in [5, 5.41) is 10.4. The maximum absolute atomic E-state index is 5.85. The molecule has 0 aliphatic rings. The Balaban J connectivity index is 1.98. The van der Waals surface area contributed by atoms with Crippen LogP contribution in [0.3, 0.4) is 0 Å². The minimum absolute atomic E-state index is 0.298. The number of anilines is 2.